The molecule has 3 atom stereocenters. The average molecular weight is 529 g/mol. The summed E-state index contributed by atoms with van der Waals surface area (Å²) in [6.45, 7) is 9.95. The highest BCUT2D eigenvalue weighted by Crippen LogP contribution is 2.63. The molecule has 0 radical (unpaired) electrons. The molecule has 9 nitrogen and oxygen atoms in total. The van der Waals surface area contributed by atoms with Gasteiger partial charge in [-0.3, -0.25) is 24.3 Å². The lowest BCUT2D eigenvalue weighted by atomic mass is 9.96. The molecule has 38 heavy (non-hydrogen) atoms. The van der Waals surface area contributed by atoms with E-state index in [4.69, 9.17) is 0 Å². The van der Waals surface area contributed by atoms with Crippen LogP contribution in [0.2, 0.25) is 0 Å². The smallest absolute Gasteiger partial charge is 0.256 e. The molecular formula is C28H28N6O3S. The third-order valence-corrected chi connectivity index (χ3v) is 9.39. The van der Waals surface area contributed by atoms with E-state index >= 15 is 0 Å². The molecule has 3 fully saturated rings. The fourth-order valence-electron chi connectivity index (χ4n) is 6.09. The SMILES string of the molecule is Cc1nc(C#N)cc(-c2ccnc3cc(CN4C(=O)C5C(C4=O)C5(C)C)sc23)c1C(=O)N1CCNC[C@@H]1C. The lowest BCUT2D eigenvalue weighted by Gasteiger charge is -2.34. The second-order valence-electron chi connectivity index (χ2n) is 11.0. The molecule has 6 rings (SSSR count). The molecule has 2 aliphatic heterocycles. The fourth-order valence-corrected chi connectivity index (χ4v) is 7.22. The van der Waals surface area contributed by atoms with Crippen molar-refractivity contribution >= 4 is 39.3 Å². The first-order chi connectivity index (χ1) is 18.1. The number of thiophene rings is 1. The normalized spacial score (nSPS) is 24.0. The zero-order valence-corrected chi connectivity index (χ0v) is 22.6. The van der Waals surface area contributed by atoms with Crippen LogP contribution in [0.15, 0.2) is 24.4 Å². The maximum Gasteiger partial charge on any atom is 0.256 e. The zero-order chi connectivity index (χ0) is 26.9. The van der Waals surface area contributed by atoms with Gasteiger partial charge >= 0.3 is 0 Å². The predicted octanol–water partition coefficient (Wildman–Crippen LogP) is 3.11. The van der Waals surface area contributed by atoms with E-state index in [0.717, 1.165) is 21.7 Å². The van der Waals surface area contributed by atoms with E-state index in [-0.39, 0.29) is 53.3 Å². The average Bonchev–Trinajstić information content (AvgIpc) is 3.13. The van der Waals surface area contributed by atoms with Gasteiger partial charge in [-0.15, -0.1) is 11.3 Å². The number of pyridine rings is 2. The molecule has 3 aromatic heterocycles. The summed E-state index contributed by atoms with van der Waals surface area (Å²) in [5.74, 6) is -0.749. The topological polar surface area (TPSA) is 119 Å². The molecule has 3 aromatic rings. The molecule has 10 heteroatoms. The van der Waals surface area contributed by atoms with Gasteiger partial charge in [-0.25, -0.2) is 4.98 Å². The van der Waals surface area contributed by atoms with Gasteiger partial charge in [0.2, 0.25) is 11.8 Å². The molecular weight excluding hydrogens is 500 g/mol. The minimum absolute atomic E-state index is 0.0247. The molecule has 194 valence electrons. The molecule has 0 spiro atoms. The van der Waals surface area contributed by atoms with Crippen molar-refractivity contribution < 1.29 is 14.4 Å². The van der Waals surface area contributed by atoms with Crippen LogP contribution in [0.1, 0.15) is 47.4 Å². The Labute approximate surface area is 224 Å². The van der Waals surface area contributed by atoms with E-state index in [1.165, 1.54) is 16.2 Å². The second kappa shape index (κ2) is 8.68. The standard InChI is InChI=1S/C28H28N6O3S/c1-14-12-30-7-8-33(14)25(35)21-15(2)32-16(11-29)9-19(21)18-5-6-31-20-10-17(38-24(18)20)13-34-26(36)22-23(27(34)37)28(22,3)4/h5-6,9-10,14,22-23,30H,7-8,12-13H2,1-4H3/t14-,22?,23?/m0/s1. The van der Waals surface area contributed by atoms with Gasteiger partial charge in [0, 0.05) is 47.9 Å². The van der Waals surface area contributed by atoms with Crippen LogP contribution in [-0.4, -0.2) is 63.2 Å². The zero-order valence-electron chi connectivity index (χ0n) is 21.7. The lowest BCUT2D eigenvalue weighted by molar-refractivity contribution is -0.143. The highest BCUT2D eigenvalue weighted by Gasteiger charge is 2.72. The number of likely N-dealkylation sites (tertiary alicyclic amines) is 1. The van der Waals surface area contributed by atoms with E-state index in [9.17, 15) is 19.6 Å². The molecule has 5 heterocycles. The number of hydrogen-bond acceptors (Lipinski definition) is 8. The van der Waals surface area contributed by atoms with E-state index in [1.807, 2.05) is 37.8 Å². The van der Waals surface area contributed by atoms with Crippen molar-refractivity contribution in [2.75, 3.05) is 19.6 Å². The lowest BCUT2D eigenvalue weighted by Crippen LogP contribution is -2.52. The van der Waals surface area contributed by atoms with Crippen molar-refractivity contribution in [3.63, 3.8) is 0 Å². The Morgan fingerprint density at radius 2 is 1.97 bits per heavy atom. The van der Waals surface area contributed by atoms with Crippen LogP contribution in [0.3, 0.4) is 0 Å². The number of nitrogens with zero attached hydrogens (tertiary/aromatic N) is 5. The summed E-state index contributed by atoms with van der Waals surface area (Å²) in [5, 5.41) is 13.0. The number of fused-ring (bicyclic) bond motifs is 2. The number of nitriles is 1. The largest absolute Gasteiger partial charge is 0.333 e. The number of aromatic nitrogens is 2. The first-order valence-electron chi connectivity index (χ1n) is 12.8. The van der Waals surface area contributed by atoms with Gasteiger partial charge in [-0.2, -0.15) is 5.26 Å². The minimum Gasteiger partial charge on any atom is -0.333 e. The Hall–Kier alpha value is -3.68. The fraction of sp³-hybridized carbons (Fsp3) is 0.429. The number of imide groups is 1. The van der Waals surface area contributed by atoms with E-state index in [1.54, 1.807) is 19.2 Å². The third-order valence-electron chi connectivity index (χ3n) is 8.25. The van der Waals surface area contributed by atoms with Gasteiger partial charge < -0.3 is 10.2 Å². The van der Waals surface area contributed by atoms with Crippen LogP contribution >= 0.6 is 11.3 Å². The van der Waals surface area contributed by atoms with Gasteiger partial charge in [0.15, 0.2) is 0 Å². The first-order valence-corrected chi connectivity index (χ1v) is 13.6. The number of piperazine rings is 1. The number of nitrogens with one attached hydrogen (secondary N) is 1. The molecule has 1 N–H and O–H groups in total. The molecule has 2 unspecified atom stereocenters. The molecule has 0 aromatic carbocycles. The van der Waals surface area contributed by atoms with E-state index in [0.29, 0.717) is 35.4 Å². The van der Waals surface area contributed by atoms with Crippen molar-refractivity contribution in [1.82, 2.24) is 25.1 Å². The maximum atomic E-state index is 13.8. The molecule has 1 saturated carbocycles. The van der Waals surface area contributed by atoms with Gasteiger partial charge in [0.1, 0.15) is 11.8 Å². The Morgan fingerprint density at radius 1 is 1.24 bits per heavy atom. The highest BCUT2D eigenvalue weighted by atomic mass is 32.1. The first kappa shape index (κ1) is 24.6. The van der Waals surface area contributed by atoms with Crippen LogP contribution < -0.4 is 5.32 Å². The quantitative estimate of drug-likeness (QED) is 0.517. The van der Waals surface area contributed by atoms with Gasteiger partial charge in [0.25, 0.3) is 5.91 Å². The molecule has 2 saturated heterocycles. The highest BCUT2D eigenvalue weighted by molar-refractivity contribution is 7.19. The number of carbonyl (C=O) groups is 3. The van der Waals surface area contributed by atoms with Crippen molar-refractivity contribution in [3.05, 3.63) is 46.2 Å². The monoisotopic (exact) mass is 528 g/mol. The summed E-state index contributed by atoms with van der Waals surface area (Å²) in [6.07, 6.45) is 1.68. The number of rotatable bonds is 4. The van der Waals surface area contributed by atoms with Crippen LogP contribution in [0, 0.1) is 35.5 Å². The summed E-state index contributed by atoms with van der Waals surface area (Å²) < 4.78 is 0.837. The number of hydrogen-bond donors (Lipinski definition) is 1. The summed E-state index contributed by atoms with van der Waals surface area (Å²) in [4.78, 5) is 52.6. The summed E-state index contributed by atoms with van der Waals surface area (Å²) in [6, 6.07) is 7.56. The molecule has 1 aliphatic carbocycles. The van der Waals surface area contributed by atoms with Crippen molar-refractivity contribution in [2.45, 2.75) is 40.3 Å². The van der Waals surface area contributed by atoms with Crippen LogP contribution in [-0.2, 0) is 16.1 Å². The summed E-state index contributed by atoms with van der Waals surface area (Å²) in [5.41, 5.74) is 3.11. The maximum absolute atomic E-state index is 13.8. The predicted molar refractivity (Wildman–Crippen MR) is 142 cm³/mol. The van der Waals surface area contributed by atoms with Gasteiger partial charge in [-0.1, -0.05) is 13.8 Å². The van der Waals surface area contributed by atoms with Gasteiger partial charge in [-0.05, 0) is 37.5 Å². The van der Waals surface area contributed by atoms with E-state index < -0.39 is 0 Å². The van der Waals surface area contributed by atoms with Crippen molar-refractivity contribution in [1.29, 1.82) is 5.26 Å². The van der Waals surface area contributed by atoms with Crippen molar-refractivity contribution in [3.8, 4) is 17.2 Å². The molecule has 0 bridgehead atoms. The van der Waals surface area contributed by atoms with Crippen LogP contribution in [0.5, 0.6) is 0 Å². The number of carbonyl (C=O) groups excluding carboxylic acids is 3. The minimum atomic E-state index is -0.248. The Balaban J connectivity index is 1.41. The number of piperidine rings is 1. The molecule has 3 amide bonds. The number of amides is 3. The summed E-state index contributed by atoms with van der Waals surface area (Å²) in [7, 11) is 0. The molecule has 3 aliphatic rings. The Bertz CT molecular complexity index is 1550. The number of aryl methyl sites for hydroxylation is 1. The van der Waals surface area contributed by atoms with Crippen LogP contribution in [0.25, 0.3) is 21.3 Å². The van der Waals surface area contributed by atoms with Gasteiger partial charge in [0.05, 0.1) is 39.9 Å². The third kappa shape index (κ3) is 3.64. The Kier molecular flexibility index (Phi) is 5.63. The van der Waals surface area contributed by atoms with Crippen molar-refractivity contribution in [2.24, 2.45) is 17.3 Å². The van der Waals surface area contributed by atoms with E-state index in [2.05, 4.69) is 21.4 Å². The second-order valence-corrected chi connectivity index (χ2v) is 12.1. The van der Waals surface area contributed by atoms with Crippen LogP contribution in [0.4, 0.5) is 0 Å². The summed E-state index contributed by atoms with van der Waals surface area (Å²) >= 11 is 1.45. The Morgan fingerprint density at radius 3 is 2.66 bits per heavy atom.